The van der Waals surface area contributed by atoms with Crippen LogP contribution in [0.25, 0.3) is 5.65 Å². The molecule has 146 valence electrons. The van der Waals surface area contributed by atoms with Gasteiger partial charge < -0.3 is 14.7 Å². The van der Waals surface area contributed by atoms with Gasteiger partial charge in [0.1, 0.15) is 11.3 Å². The van der Waals surface area contributed by atoms with Crippen molar-refractivity contribution < 1.29 is 19.4 Å². The molecule has 1 N–H and O–H groups in total. The van der Waals surface area contributed by atoms with Crippen LogP contribution in [0.1, 0.15) is 33.0 Å². The molecule has 1 aromatic carbocycles. The highest BCUT2D eigenvalue weighted by Crippen LogP contribution is 2.19. The maximum Gasteiger partial charge on any atom is 0.341 e. The first-order valence-electron chi connectivity index (χ1n) is 8.79. The third-order valence-electron chi connectivity index (χ3n) is 4.34. The number of nitrogens with zero attached hydrogens (tertiary/aromatic N) is 4. The number of aliphatic carboxylic acids is 1. The molecule has 0 unspecified atom stereocenters. The topological polar surface area (TPSA) is 97.0 Å². The maximum absolute atomic E-state index is 13.1. The van der Waals surface area contributed by atoms with Crippen molar-refractivity contribution in [3.8, 4) is 5.75 Å². The summed E-state index contributed by atoms with van der Waals surface area (Å²) >= 11 is 0. The average molecular weight is 382 g/mol. The Bertz CT molecular complexity index is 1040. The van der Waals surface area contributed by atoms with E-state index in [9.17, 15) is 9.59 Å². The van der Waals surface area contributed by atoms with Crippen LogP contribution in [0.2, 0.25) is 0 Å². The summed E-state index contributed by atoms with van der Waals surface area (Å²) in [7, 11) is 1.72. The number of carboxylic acid groups (broad SMARTS) is 1. The molecule has 2 heterocycles. The Kier molecular flexibility index (Phi) is 5.30. The Morgan fingerprint density at radius 2 is 1.86 bits per heavy atom. The first-order valence-corrected chi connectivity index (χ1v) is 8.79. The number of aromatic nitrogens is 3. The van der Waals surface area contributed by atoms with Crippen LogP contribution >= 0.6 is 0 Å². The largest absolute Gasteiger partial charge is 0.482 e. The van der Waals surface area contributed by atoms with Crippen LogP contribution in [0.3, 0.4) is 0 Å². The molecule has 0 atom stereocenters. The van der Waals surface area contributed by atoms with Crippen LogP contribution in [0.15, 0.2) is 30.3 Å². The highest BCUT2D eigenvalue weighted by Gasteiger charge is 2.22. The van der Waals surface area contributed by atoms with Crippen LogP contribution < -0.4 is 4.74 Å². The molecule has 0 aliphatic rings. The number of aryl methyl sites for hydroxylation is 3. The molecule has 2 aromatic heterocycles. The van der Waals surface area contributed by atoms with Gasteiger partial charge in [-0.3, -0.25) is 4.79 Å². The number of hydrogen-bond acceptors (Lipinski definition) is 5. The average Bonchev–Trinajstić information content (AvgIpc) is 2.96. The molecule has 0 spiro atoms. The Hall–Kier alpha value is -3.42. The third kappa shape index (κ3) is 3.95. The lowest BCUT2D eigenvalue weighted by molar-refractivity contribution is -0.139. The Morgan fingerprint density at radius 1 is 1.18 bits per heavy atom. The molecule has 0 fully saturated rings. The molecule has 3 rings (SSSR count). The summed E-state index contributed by atoms with van der Waals surface area (Å²) < 4.78 is 6.81. The van der Waals surface area contributed by atoms with Crippen molar-refractivity contribution in [3.05, 3.63) is 58.5 Å². The van der Waals surface area contributed by atoms with E-state index >= 15 is 0 Å². The first-order chi connectivity index (χ1) is 13.3. The highest BCUT2D eigenvalue weighted by molar-refractivity contribution is 6.00. The molecule has 28 heavy (non-hydrogen) atoms. The van der Waals surface area contributed by atoms with E-state index in [0.717, 1.165) is 17.0 Å². The van der Waals surface area contributed by atoms with Crippen molar-refractivity contribution in [2.75, 3.05) is 13.7 Å². The van der Waals surface area contributed by atoms with Gasteiger partial charge in [0.05, 0.1) is 5.69 Å². The van der Waals surface area contributed by atoms with Gasteiger partial charge in [-0.25, -0.2) is 14.3 Å². The number of ether oxygens (including phenoxy) is 1. The maximum atomic E-state index is 13.1. The molecular weight excluding hydrogens is 360 g/mol. The zero-order chi connectivity index (χ0) is 20.4. The number of benzene rings is 1. The van der Waals surface area contributed by atoms with Gasteiger partial charge in [0.2, 0.25) is 0 Å². The minimum atomic E-state index is -1.03. The second kappa shape index (κ2) is 7.67. The van der Waals surface area contributed by atoms with Crippen LogP contribution in [0.5, 0.6) is 5.75 Å². The second-order valence-electron chi connectivity index (χ2n) is 6.72. The number of carboxylic acids is 1. The number of carbonyl (C=O) groups is 2. The normalized spacial score (nSPS) is 10.9. The number of hydrogen-bond donors (Lipinski definition) is 1. The van der Waals surface area contributed by atoms with E-state index < -0.39 is 12.6 Å². The van der Waals surface area contributed by atoms with E-state index in [-0.39, 0.29) is 5.91 Å². The van der Waals surface area contributed by atoms with E-state index in [1.165, 1.54) is 0 Å². The van der Waals surface area contributed by atoms with Crippen LogP contribution in [-0.4, -0.2) is 50.1 Å². The van der Waals surface area contributed by atoms with Crippen LogP contribution in [0.4, 0.5) is 0 Å². The van der Waals surface area contributed by atoms with Crippen LogP contribution in [-0.2, 0) is 11.3 Å². The minimum absolute atomic E-state index is 0.156. The highest BCUT2D eigenvalue weighted by atomic mass is 16.5. The molecule has 3 aromatic rings. The van der Waals surface area contributed by atoms with Gasteiger partial charge in [0.15, 0.2) is 12.3 Å². The lowest BCUT2D eigenvalue weighted by atomic mass is 10.1. The van der Waals surface area contributed by atoms with Gasteiger partial charge in [0.25, 0.3) is 5.91 Å². The van der Waals surface area contributed by atoms with Gasteiger partial charge in [-0.2, -0.15) is 5.10 Å². The van der Waals surface area contributed by atoms with Gasteiger partial charge in [-0.1, -0.05) is 12.1 Å². The summed E-state index contributed by atoms with van der Waals surface area (Å²) in [5, 5.41) is 13.1. The predicted octanol–water partition coefficient (Wildman–Crippen LogP) is 2.39. The lowest BCUT2D eigenvalue weighted by Crippen LogP contribution is -2.26. The molecule has 0 bridgehead atoms. The lowest BCUT2D eigenvalue weighted by Gasteiger charge is -2.17. The molecule has 0 aliphatic heterocycles. The minimum Gasteiger partial charge on any atom is -0.482 e. The van der Waals surface area contributed by atoms with E-state index in [0.29, 0.717) is 29.2 Å². The van der Waals surface area contributed by atoms with E-state index in [1.54, 1.807) is 47.7 Å². The van der Waals surface area contributed by atoms with Crippen molar-refractivity contribution in [3.63, 3.8) is 0 Å². The van der Waals surface area contributed by atoms with Gasteiger partial charge in [-0.05, 0) is 44.5 Å². The molecule has 0 radical (unpaired) electrons. The first kappa shape index (κ1) is 19.3. The summed E-state index contributed by atoms with van der Waals surface area (Å²) in [5.74, 6) is -0.720. The second-order valence-corrected chi connectivity index (χ2v) is 6.72. The molecule has 1 amide bonds. The Labute approximate surface area is 162 Å². The quantitative estimate of drug-likeness (QED) is 0.703. The zero-order valence-corrected chi connectivity index (χ0v) is 16.3. The van der Waals surface area contributed by atoms with Gasteiger partial charge in [0, 0.05) is 25.0 Å². The standard InChI is InChI=1S/C20H22N4O4/c1-12-9-13(2)24-19(21-12)18(14(3)22-24)20(27)23(4)10-15-5-7-16(8-6-15)28-11-17(25)26/h5-9H,10-11H2,1-4H3,(H,25,26). The summed E-state index contributed by atoms with van der Waals surface area (Å²) in [4.78, 5) is 29.7. The summed E-state index contributed by atoms with van der Waals surface area (Å²) in [6, 6.07) is 8.90. The van der Waals surface area contributed by atoms with Crippen molar-refractivity contribution in [2.45, 2.75) is 27.3 Å². The van der Waals surface area contributed by atoms with E-state index in [2.05, 4.69) is 10.1 Å². The molecule has 0 saturated heterocycles. The Balaban J connectivity index is 1.79. The fourth-order valence-corrected chi connectivity index (χ4v) is 3.05. The zero-order valence-electron chi connectivity index (χ0n) is 16.3. The van der Waals surface area contributed by atoms with Crippen molar-refractivity contribution in [1.82, 2.24) is 19.5 Å². The summed E-state index contributed by atoms with van der Waals surface area (Å²) in [6.07, 6.45) is 0. The van der Waals surface area contributed by atoms with E-state index in [4.69, 9.17) is 9.84 Å². The predicted molar refractivity (Wildman–Crippen MR) is 103 cm³/mol. The van der Waals surface area contributed by atoms with Gasteiger partial charge >= 0.3 is 5.97 Å². The fraction of sp³-hybridized carbons (Fsp3) is 0.300. The molecular formula is C20H22N4O4. The number of amides is 1. The van der Waals surface area contributed by atoms with Crippen molar-refractivity contribution in [2.24, 2.45) is 0 Å². The molecule has 8 heteroatoms. The SMILES string of the molecule is Cc1cc(C)n2nc(C)c(C(=O)N(C)Cc3ccc(OCC(=O)O)cc3)c2n1. The molecule has 0 saturated carbocycles. The van der Waals surface area contributed by atoms with Crippen LogP contribution in [0, 0.1) is 20.8 Å². The fourth-order valence-electron chi connectivity index (χ4n) is 3.05. The number of fused-ring (bicyclic) bond motifs is 1. The smallest absolute Gasteiger partial charge is 0.341 e. The summed E-state index contributed by atoms with van der Waals surface area (Å²) in [5.41, 5.74) is 4.34. The number of carbonyl (C=O) groups excluding carboxylic acids is 1. The Morgan fingerprint density at radius 3 is 2.50 bits per heavy atom. The summed E-state index contributed by atoms with van der Waals surface area (Å²) in [6.45, 7) is 5.62. The third-order valence-corrected chi connectivity index (χ3v) is 4.34. The monoisotopic (exact) mass is 382 g/mol. The van der Waals surface area contributed by atoms with Crippen molar-refractivity contribution in [1.29, 1.82) is 0 Å². The number of rotatable bonds is 6. The molecule has 8 nitrogen and oxygen atoms in total. The van der Waals surface area contributed by atoms with Gasteiger partial charge in [-0.15, -0.1) is 0 Å². The van der Waals surface area contributed by atoms with Crippen molar-refractivity contribution >= 4 is 17.5 Å². The van der Waals surface area contributed by atoms with E-state index in [1.807, 2.05) is 19.9 Å². The molecule has 0 aliphatic carbocycles.